The molecule has 0 fully saturated rings. The van der Waals surface area contributed by atoms with Crippen molar-refractivity contribution in [1.82, 2.24) is 0 Å². The molecule has 0 aromatic rings. The molecule has 0 aromatic heterocycles. The maximum atomic E-state index is 11.7. The summed E-state index contributed by atoms with van der Waals surface area (Å²) in [5.41, 5.74) is -4.31. The predicted octanol–water partition coefficient (Wildman–Crippen LogP) is 2.39. The van der Waals surface area contributed by atoms with Gasteiger partial charge in [0.15, 0.2) is 5.76 Å². The summed E-state index contributed by atoms with van der Waals surface area (Å²) in [6.45, 7) is 0.631. The molecule has 1 aliphatic heterocycles. The lowest BCUT2D eigenvalue weighted by molar-refractivity contribution is -0.203. The van der Waals surface area contributed by atoms with Gasteiger partial charge in [-0.25, -0.2) is 4.79 Å². The first-order valence-electron chi connectivity index (χ1n) is 10.8. The lowest BCUT2D eigenvalue weighted by Gasteiger charge is -2.42. The van der Waals surface area contributed by atoms with Crippen LogP contribution >= 0.6 is 0 Å². The van der Waals surface area contributed by atoms with Crippen LogP contribution in [0.3, 0.4) is 0 Å². The first kappa shape index (κ1) is 25.7. The van der Waals surface area contributed by atoms with Crippen LogP contribution in [0.1, 0.15) is 84.0 Å². The van der Waals surface area contributed by atoms with Crippen molar-refractivity contribution in [2.75, 3.05) is 13.2 Å². The summed E-state index contributed by atoms with van der Waals surface area (Å²) in [6, 6.07) is 0. The Morgan fingerprint density at radius 1 is 0.966 bits per heavy atom. The van der Waals surface area contributed by atoms with Crippen molar-refractivity contribution in [1.29, 1.82) is 0 Å². The van der Waals surface area contributed by atoms with Crippen LogP contribution < -0.4 is 0 Å². The fourth-order valence-corrected chi connectivity index (χ4v) is 3.90. The third kappa shape index (κ3) is 6.57. The van der Waals surface area contributed by atoms with E-state index in [-0.39, 0.29) is 6.42 Å². The Balaban J connectivity index is 2.62. The molecule has 0 bridgehead atoms. The Hall–Kier alpha value is -1.35. The number of aliphatic hydroxyl groups excluding tert-OH is 5. The lowest BCUT2D eigenvalue weighted by atomic mass is 9.75. The van der Waals surface area contributed by atoms with Crippen molar-refractivity contribution in [3.05, 3.63) is 11.5 Å². The summed E-state index contributed by atoms with van der Waals surface area (Å²) in [6.07, 6.45) is 8.66. The second kappa shape index (κ2) is 12.4. The number of hydrogen-bond acceptors (Lipinski definition) is 8. The molecule has 0 aromatic carbocycles. The van der Waals surface area contributed by atoms with Crippen molar-refractivity contribution in [2.45, 2.75) is 101 Å². The maximum absolute atomic E-state index is 11.7. The van der Waals surface area contributed by atoms with Crippen LogP contribution in [-0.4, -0.2) is 67.1 Å². The van der Waals surface area contributed by atoms with Crippen molar-refractivity contribution in [3.8, 4) is 0 Å². The Labute approximate surface area is 172 Å². The normalized spacial score (nSPS) is 22.6. The number of cyclic esters (lactones) is 1. The number of aliphatic hydroxyl groups is 6. The molecule has 1 unspecified atom stereocenters. The van der Waals surface area contributed by atoms with Crippen LogP contribution in [-0.2, 0) is 9.53 Å². The van der Waals surface area contributed by atoms with Gasteiger partial charge in [0.25, 0.3) is 0 Å². The molecule has 0 saturated heterocycles. The summed E-state index contributed by atoms with van der Waals surface area (Å²) in [5, 5.41) is 59.8. The first-order valence-corrected chi connectivity index (χ1v) is 10.8. The van der Waals surface area contributed by atoms with Gasteiger partial charge in [-0.2, -0.15) is 0 Å². The fourth-order valence-electron chi connectivity index (χ4n) is 3.90. The number of carbonyl (C=O) groups is 1. The van der Waals surface area contributed by atoms with E-state index in [4.69, 9.17) is 9.84 Å². The predicted molar refractivity (Wildman–Crippen MR) is 107 cm³/mol. The maximum Gasteiger partial charge on any atom is 0.378 e. The van der Waals surface area contributed by atoms with Crippen LogP contribution in [0.15, 0.2) is 11.5 Å². The SMILES string of the molecule is CCCCCCCCCCCC[C@](O)(CO)[C@@]1(CC(O)CO)OC(=O)C(O)=C1O. The highest BCUT2D eigenvalue weighted by molar-refractivity contribution is 5.90. The summed E-state index contributed by atoms with van der Waals surface area (Å²) < 4.78 is 5.05. The Morgan fingerprint density at radius 2 is 1.48 bits per heavy atom. The quantitative estimate of drug-likeness (QED) is 0.165. The third-order valence-electron chi connectivity index (χ3n) is 5.76. The molecule has 0 amide bonds. The van der Waals surface area contributed by atoms with E-state index in [2.05, 4.69) is 6.92 Å². The lowest BCUT2D eigenvalue weighted by Crippen LogP contribution is -2.60. The number of esters is 1. The highest BCUT2D eigenvalue weighted by Crippen LogP contribution is 2.45. The third-order valence-corrected chi connectivity index (χ3v) is 5.76. The van der Waals surface area contributed by atoms with Crippen LogP contribution in [0.5, 0.6) is 0 Å². The zero-order chi connectivity index (χ0) is 21.9. The van der Waals surface area contributed by atoms with Gasteiger partial charge in [0.05, 0.1) is 19.3 Å². The highest BCUT2D eigenvalue weighted by atomic mass is 16.6. The van der Waals surface area contributed by atoms with Crippen molar-refractivity contribution < 1.29 is 40.2 Å². The summed E-state index contributed by atoms with van der Waals surface area (Å²) in [7, 11) is 0. The van der Waals surface area contributed by atoms with Gasteiger partial charge in [0.2, 0.25) is 11.4 Å². The standard InChI is InChI=1S/C21H38O8/c1-2-3-4-5-6-7-8-9-10-11-12-20(28,15-23)21(13-16(24)14-22)18(26)17(25)19(27)29-21/h16,22-26,28H,2-15H2,1H3/t16?,20-,21-/m0/s1. The molecule has 6 N–H and O–H groups in total. The molecule has 3 atom stereocenters. The zero-order valence-corrected chi connectivity index (χ0v) is 17.5. The summed E-state index contributed by atoms with van der Waals surface area (Å²) in [5.74, 6) is -3.24. The van der Waals surface area contributed by atoms with Crippen molar-refractivity contribution in [3.63, 3.8) is 0 Å². The largest absolute Gasteiger partial charge is 0.505 e. The second-order valence-corrected chi connectivity index (χ2v) is 8.08. The molecular formula is C21H38O8. The topological polar surface area (TPSA) is 148 Å². The van der Waals surface area contributed by atoms with Crippen molar-refractivity contribution in [2.24, 2.45) is 0 Å². The smallest absolute Gasteiger partial charge is 0.378 e. The van der Waals surface area contributed by atoms with Crippen LogP contribution in [0.2, 0.25) is 0 Å². The van der Waals surface area contributed by atoms with E-state index < -0.39 is 54.4 Å². The van der Waals surface area contributed by atoms with Crippen LogP contribution in [0, 0.1) is 0 Å². The Morgan fingerprint density at radius 3 is 1.90 bits per heavy atom. The number of carbonyl (C=O) groups excluding carboxylic acids is 1. The van der Waals surface area contributed by atoms with Crippen LogP contribution in [0.25, 0.3) is 0 Å². The van der Waals surface area contributed by atoms with Gasteiger partial charge in [0, 0.05) is 6.42 Å². The van der Waals surface area contributed by atoms with Gasteiger partial charge in [-0.05, 0) is 6.42 Å². The van der Waals surface area contributed by atoms with Gasteiger partial charge in [-0.1, -0.05) is 71.1 Å². The number of rotatable bonds is 16. The van der Waals surface area contributed by atoms with Crippen molar-refractivity contribution >= 4 is 5.97 Å². The van der Waals surface area contributed by atoms with Gasteiger partial charge < -0.3 is 35.4 Å². The highest BCUT2D eigenvalue weighted by Gasteiger charge is 2.62. The minimum atomic E-state index is -2.20. The second-order valence-electron chi connectivity index (χ2n) is 8.08. The van der Waals surface area contributed by atoms with Gasteiger partial charge in [-0.15, -0.1) is 0 Å². The molecule has 0 aliphatic carbocycles. The van der Waals surface area contributed by atoms with Gasteiger partial charge in [0.1, 0.15) is 5.60 Å². The monoisotopic (exact) mass is 418 g/mol. The molecule has 0 radical (unpaired) electrons. The van der Waals surface area contributed by atoms with E-state index >= 15 is 0 Å². The Kier molecular flexibility index (Phi) is 11.0. The van der Waals surface area contributed by atoms with E-state index in [1.165, 1.54) is 32.1 Å². The first-order chi connectivity index (χ1) is 13.8. The molecule has 8 heteroatoms. The molecule has 8 nitrogen and oxygen atoms in total. The number of hydrogen-bond donors (Lipinski definition) is 6. The average molecular weight is 419 g/mol. The summed E-state index contributed by atoms with van der Waals surface area (Å²) >= 11 is 0. The van der Waals surface area contributed by atoms with E-state index in [0.29, 0.717) is 6.42 Å². The van der Waals surface area contributed by atoms with Crippen LogP contribution in [0.4, 0.5) is 0 Å². The molecule has 29 heavy (non-hydrogen) atoms. The van der Waals surface area contributed by atoms with Gasteiger partial charge in [-0.3, -0.25) is 0 Å². The van der Waals surface area contributed by atoms with E-state index in [0.717, 1.165) is 25.7 Å². The minimum Gasteiger partial charge on any atom is -0.505 e. The Bertz CT molecular complexity index is 535. The molecule has 1 rings (SSSR count). The zero-order valence-electron chi connectivity index (χ0n) is 17.5. The van der Waals surface area contributed by atoms with Gasteiger partial charge >= 0.3 is 5.97 Å². The number of unbranched alkanes of at least 4 members (excludes halogenated alkanes) is 9. The summed E-state index contributed by atoms with van der Waals surface area (Å²) in [4.78, 5) is 11.7. The fraction of sp³-hybridized carbons (Fsp3) is 0.857. The molecule has 1 heterocycles. The minimum absolute atomic E-state index is 0.0111. The van der Waals surface area contributed by atoms with E-state index in [1.54, 1.807) is 0 Å². The molecule has 0 saturated carbocycles. The van der Waals surface area contributed by atoms with E-state index in [1.807, 2.05) is 0 Å². The molecule has 0 spiro atoms. The average Bonchev–Trinajstić information content (AvgIpc) is 2.93. The van der Waals surface area contributed by atoms with E-state index in [9.17, 15) is 30.3 Å². The molecular weight excluding hydrogens is 380 g/mol. The molecule has 170 valence electrons. The molecule has 1 aliphatic rings. The number of ether oxygens (including phenoxy) is 1.